The predicted octanol–water partition coefficient (Wildman–Crippen LogP) is 0.890. The van der Waals surface area contributed by atoms with Gasteiger partial charge < -0.3 is 10.4 Å². The van der Waals surface area contributed by atoms with Crippen LogP contribution in [0.2, 0.25) is 0 Å². The van der Waals surface area contributed by atoms with Crippen molar-refractivity contribution in [2.24, 2.45) is 0 Å². The quantitative estimate of drug-likeness (QED) is 0.753. The third-order valence-corrected chi connectivity index (χ3v) is 4.10. The molecule has 1 saturated heterocycles. The van der Waals surface area contributed by atoms with Gasteiger partial charge in [0.05, 0.1) is 6.10 Å². The summed E-state index contributed by atoms with van der Waals surface area (Å²) in [6.45, 7) is 3.59. The van der Waals surface area contributed by atoms with Gasteiger partial charge in [-0.15, -0.1) is 0 Å². The van der Waals surface area contributed by atoms with Crippen LogP contribution in [-0.2, 0) is 4.79 Å². The van der Waals surface area contributed by atoms with Gasteiger partial charge in [0.15, 0.2) is 0 Å². The maximum Gasteiger partial charge on any atom is 0.217 e. The van der Waals surface area contributed by atoms with Crippen molar-refractivity contribution in [3.05, 3.63) is 0 Å². The lowest BCUT2D eigenvalue weighted by atomic mass is 9.89. The molecular formula is C13H24N2O2. The molecule has 2 aliphatic rings. The molecule has 0 radical (unpaired) electrons. The molecule has 4 nitrogen and oxygen atoms in total. The van der Waals surface area contributed by atoms with Crippen LogP contribution in [0, 0.1) is 0 Å². The lowest BCUT2D eigenvalue weighted by Gasteiger charge is -2.41. The van der Waals surface area contributed by atoms with Gasteiger partial charge in [0.2, 0.25) is 5.91 Å². The third kappa shape index (κ3) is 3.42. The number of carbonyl (C=O) groups is 1. The summed E-state index contributed by atoms with van der Waals surface area (Å²) < 4.78 is 0. The summed E-state index contributed by atoms with van der Waals surface area (Å²) in [5, 5.41) is 13.0. The number of amides is 1. The number of carbonyl (C=O) groups excluding carboxylic acids is 1. The first-order valence-electron chi connectivity index (χ1n) is 6.86. The Kier molecular flexibility index (Phi) is 4.40. The van der Waals surface area contributed by atoms with Gasteiger partial charge in [0, 0.05) is 32.1 Å². The summed E-state index contributed by atoms with van der Waals surface area (Å²) in [6.07, 6.45) is 6.39. The largest absolute Gasteiger partial charge is 0.391 e. The highest BCUT2D eigenvalue weighted by molar-refractivity contribution is 5.73. The van der Waals surface area contributed by atoms with Crippen LogP contribution < -0.4 is 5.32 Å². The second-order valence-corrected chi connectivity index (χ2v) is 5.43. The molecule has 0 aromatic carbocycles. The van der Waals surface area contributed by atoms with E-state index in [0.29, 0.717) is 12.1 Å². The maximum absolute atomic E-state index is 11.0. The van der Waals surface area contributed by atoms with E-state index in [1.54, 1.807) is 6.92 Å². The molecule has 0 spiro atoms. The molecule has 1 heterocycles. The SMILES string of the molecule is CC(=O)NC1CCN([C@@H]2CCCC[C@H]2O)CC1. The topological polar surface area (TPSA) is 52.6 Å². The van der Waals surface area contributed by atoms with Crippen LogP contribution in [0.5, 0.6) is 0 Å². The first-order valence-corrected chi connectivity index (χ1v) is 6.86. The number of aliphatic hydroxyl groups excluding tert-OH is 1. The van der Waals surface area contributed by atoms with E-state index in [1.165, 1.54) is 12.8 Å². The fraction of sp³-hybridized carbons (Fsp3) is 0.923. The first kappa shape index (κ1) is 12.8. The molecule has 0 bridgehead atoms. The van der Waals surface area contributed by atoms with Crippen LogP contribution in [0.1, 0.15) is 45.4 Å². The van der Waals surface area contributed by atoms with Crippen molar-refractivity contribution < 1.29 is 9.90 Å². The summed E-state index contributed by atoms with van der Waals surface area (Å²) in [4.78, 5) is 13.4. The Morgan fingerprint density at radius 2 is 1.82 bits per heavy atom. The lowest BCUT2D eigenvalue weighted by molar-refractivity contribution is -0.120. The molecule has 0 unspecified atom stereocenters. The Bertz CT molecular complexity index is 262. The van der Waals surface area contributed by atoms with Crippen molar-refractivity contribution in [2.75, 3.05) is 13.1 Å². The minimum atomic E-state index is -0.138. The van der Waals surface area contributed by atoms with E-state index in [0.717, 1.165) is 38.8 Å². The first-order chi connectivity index (χ1) is 8.16. The zero-order valence-electron chi connectivity index (χ0n) is 10.7. The van der Waals surface area contributed by atoms with Crippen LogP contribution >= 0.6 is 0 Å². The summed E-state index contributed by atoms with van der Waals surface area (Å²) in [5.41, 5.74) is 0. The molecule has 4 heteroatoms. The van der Waals surface area contributed by atoms with Crippen LogP contribution in [-0.4, -0.2) is 47.2 Å². The summed E-state index contributed by atoms with van der Waals surface area (Å²) in [7, 11) is 0. The minimum Gasteiger partial charge on any atom is -0.391 e. The second-order valence-electron chi connectivity index (χ2n) is 5.43. The summed E-state index contributed by atoms with van der Waals surface area (Å²) in [6, 6.07) is 0.700. The van der Waals surface area contributed by atoms with Gasteiger partial charge in [-0.05, 0) is 25.7 Å². The van der Waals surface area contributed by atoms with Gasteiger partial charge in [-0.3, -0.25) is 9.69 Å². The normalized spacial score (nSPS) is 32.4. The number of nitrogens with zero attached hydrogens (tertiary/aromatic N) is 1. The van der Waals surface area contributed by atoms with E-state index in [9.17, 15) is 9.90 Å². The van der Waals surface area contributed by atoms with E-state index in [2.05, 4.69) is 10.2 Å². The Hall–Kier alpha value is -0.610. The number of hydrogen-bond acceptors (Lipinski definition) is 3. The Labute approximate surface area is 103 Å². The number of likely N-dealkylation sites (tertiary alicyclic amines) is 1. The predicted molar refractivity (Wildman–Crippen MR) is 66.7 cm³/mol. The van der Waals surface area contributed by atoms with Crippen molar-refractivity contribution in [1.82, 2.24) is 10.2 Å². The second kappa shape index (κ2) is 5.83. The molecule has 98 valence electrons. The fourth-order valence-corrected chi connectivity index (χ4v) is 3.18. The van der Waals surface area contributed by atoms with E-state index in [1.807, 2.05) is 0 Å². The highest BCUT2D eigenvalue weighted by atomic mass is 16.3. The number of rotatable bonds is 2. The highest BCUT2D eigenvalue weighted by Gasteiger charge is 2.31. The molecular weight excluding hydrogens is 216 g/mol. The molecule has 1 amide bonds. The molecule has 0 aromatic rings. The zero-order chi connectivity index (χ0) is 12.3. The van der Waals surface area contributed by atoms with Gasteiger partial charge in [0.25, 0.3) is 0 Å². The summed E-state index contributed by atoms with van der Waals surface area (Å²) >= 11 is 0. The molecule has 17 heavy (non-hydrogen) atoms. The van der Waals surface area contributed by atoms with Crippen LogP contribution in [0.3, 0.4) is 0 Å². The van der Waals surface area contributed by atoms with Crippen LogP contribution in [0.4, 0.5) is 0 Å². The molecule has 2 fully saturated rings. The molecule has 2 atom stereocenters. The minimum absolute atomic E-state index is 0.0705. The monoisotopic (exact) mass is 240 g/mol. The summed E-state index contributed by atoms with van der Waals surface area (Å²) in [5.74, 6) is 0.0705. The van der Waals surface area contributed by atoms with Crippen molar-refractivity contribution in [2.45, 2.75) is 63.6 Å². The number of hydrogen-bond donors (Lipinski definition) is 2. The van der Waals surface area contributed by atoms with Crippen molar-refractivity contribution in [1.29, 1.82) is 0 Å². The van der Waals surface area contributed by atoms with E-state index >= 15 is 0 Å². The van der Waals surface area contributed by atoms with Gasteiger partial charge in [-0.1, -0.05) is 12.8 Å². The van der Waals surface area contributed by atoms with Gasteiger partial charge >= 0.3 is 0 Å². The van der Waals surface area contributed by atoms with E-state index in [4.69, 9.17) is 0 Å². The Balaban J connectivity index is 1.79. The van der Waals surface area contributed by atoms with Gasteiger partial charge in [0.1, 0.15) is 0 Å². The molecule has 1 saturated carbocycles. The van der Waals surface area contributed by atoms with Gasteiger partial charge in [-0.25, -0.2) is 0 Å². The van der Waals surface area contributed by atoms with Crippen molar-refractivity contribution in [3.63, 3.8) is 0 Å². The lowest BCUT2D eigenvalue weighted by Crippen LogP contribution is -2.52. The molecule has 2 rings (SSSR count). The fourth-order valence-electron chi connectivity index (χ4n) is 3.18. The van der Waals surface area contributed by atoms with Crippen molar-refractivity contribution in [3.8, 4) is 0 Å². The Morgan fingerprint density at radius 1 is 1.18 bits per heavy atom. The van der Waals surface area contributed by atoms with Gasteiger partial charge in [-0.2, -0.15) is 0 Å². The Morgan fingerprint density at radius 3 is 2.41 bits per heavy atom. The van der Waals surface area contributed by atoms with E-state index in [-0.39, 0.29) is 12.0 Å². The average Bonchev–Trinajstić information content (AvgIpc) is 2.30. The molecule has 2 N–H and O–H groups in total. The van der Waals surface area contributed by atoms with Crippen LogP contribution in [0.25, 0.3) is 0 Å². The molecule has 1 aliphatic heterocycles. The standard InChI is InChI=1S/C13H24N2O2/c1-10(16)14-11-6-8-15(9-7-11)12-4-2-3-5-13(12)17/h11-13,17H,2-9H2,1H3,(H,14,16)/t12-,13-/m1/s1. The number of piperidine rings is 1. The third-order valence-electron chi connectivity index (χ3n) is 4.10. The van der Waals surface area contributed by atoms with E-state index < -0.39 is 0 Å². The highest BCUT2D eigenvalue weighted by Crippen LogP contribution is 2.25. The number of nitrogens with one attached hydrogen (secondary N) is 1. The smallest absolute Gasteiger partial charge is 0.217 e. The maximum atomic E-state index is 11.0. The van der Waals surface area contributed by atoms with Crippen LogP contribution in [0.15, 0.2) is 0 Å². The zero-order valence-corrected chi connectivity index (χ0v) is 10.7. The molecule has 1 aliphatic carbocycles. The number of aliphatic hydroxyl groups is 1. The van der Waals surface area contributed by atoms with Crippen molar-refractivity contribution >= 4 is 5.91 Å². The molecule has 0 aromatic heterocycles. The average molecular weight is 240 g/mol.